The second-order valence-corrected chi connectivity index (χ2v) is 5.13. The van der Waals surface area contributed by atoms with Crippen LogP contribution in [0.25, 0.3) is 0 Å². The van der Waals surface area contributed by atoms with Gasteiger partial charge in [0.05, 0.1) is 0 Å². The highest BCUT2D eigenvalue weighted by Gasteiger charge is 2.18. The number of rotatable bonds is 5. The van der Waals surface area contributed by atoms with Crippen molar-refractivity contribution in [2.75, 3.05) is 19.6 Å². The molecule has 1 aliphatic rings. The van der Waals surface area contributed by atoms with Crippen LogP contribution in [0.5, 0.6) is 0 Å². The summed E-state index contributed by atoms with van der Waals surface area (Å²) in [6.07, 6.45) is 2.42. The Labute approximate surface area is 105 Å². The quantitative estimate of drug-likeness (QED) is 0.815. The molecule has 0 aromatic heterocycles. The molecule has 1 aromatic carbocycles. The van der Waals surface area contributed by atoms with Gasteiger partial charge >= 0.3 is 0 Å². The monoisotopic (exact) mass is 232 g/mol. The van der Waals surface area contributed by atoms with Crippen molar-refractivity contribution in [2.45, 2.75) is 32.7 Å². The van der Waals surface area contributed by atoms with Crippen molar-refractivity contribution in [3.63, 3.8) is 0 Å². The second kappa shape index (κ2) is 6.18. The van der Waals surface area contributed by atoms with Crippen LogP contribution in [0.15, 0.2) is 24.3 Å². The smallest absolute Gasteiger partial charge is 0.0449 e. The second-order valence-electron chi connectivity index (χ2n) is 5.13. The third-order valence-corrected chi connectivity index (χ3v) is 3.75. The van der Waals surface area contributed by atoms with Crippen LogP contribution in [0.3, 0.4) is 0 Å². The van der Waals surface area contributed by atoms with E-state index in [1.54, 1.807) is 0 Å². The Bertz CT molecular complexity index is 349. The summed E-state index contributed by atoms with van der Waals surface area (Å²) in [6.45, 7) is 7.82. The predicted molar refractivity (Wildman–Crippen MR) is 73.2 cm³/mol. The van der Waals surface area contributed by atoms with Crippen molar-refractivity contribution in [1.82, 2.24) is 10.6 Å². The zero-order chi connectivity index (χ0) is 12.1. The van der Waals surface area contributed by atoms with Crippen molar-refractivity contribution in [3.8, 4) is 0 Å². The molecule has 2 atom stereocenters. The van der Waals surface area contributed by atoms with Gasteiger partial charge in [-0.15, -0.1) is 0 Å². The van der Waals surface area contributed by atoms with Gasteiger partial charge in [0.15, 0.2) is 0 Å². The molecular weight excluding hydrogens is 208 g/mol. The van der Waals surface area contributed by atoms with E-state index in [9.17, 15) is 0 Å². The van der Waals surface area contributed by atoms with Crippen LogP contribution >= 0.6 is 0 Å². The molecule has 0 amide bonds. The number of benzene rings is 1. The minimum absolute atomic E-state index is 0.490. The summed E-state index contributed by atoms with van der Waals surface area (Å²) >= 11 is 0. The van der Waals surface area contributed by atoms with E-state index >= 15 is 0 Å². The van der Waals surface area contributed by atoms with Gasteiger partial charge in [0.2, 0.25) is 0 Å². The van der Waals surface area contributed by atoms with Gasteiger partial charge in [-0.25, -0.2) is 0 Å². The lowest BCUT2D eigenvalue weighted by Gasteiger charge is -2.27. The molecule has 2 rings (SSSR count). The summed E-state index contributed by atoms with van der Waals surface area (Å²) in [7, 11) is 0. The lowest BCUT2D eigenvalue weighted by atomic mass is 9.94. The number of fused-ring (bicyclic) bond motifs is 1. The van der Waals surface area contributed by atoms with E-state index in [2.05, 4.69) is 48.7 Å². The van der Waals surface area contributed by atoms with E-state index in [-0.39, 0.29) is 0 Å². The van der Waals surface area contributed by atoms with Crippen LogP contribution in [0.2, 0.25) is 0 Å². The fraction of sp³-hybridized carbons (Fsp3) is 0.600. The van der Waals surface area contributed by atoms with Gasteiger partial charge in [0.25, 0.3) is 0 Å². The van der Waals surface area contributed by atoms with E-state index in [0.717, 1.165) is 32.0 Å². The molecule has 1 aliphatic heterocycles. The highest BCUT2D eigenvalue weighted by Crippen LogP contribution is 2.21. The average Bonchev–Trinajstić information content (AvgIpc) is 2.39. The lowest BCUT2D eigenvalue weighted by molar-refractivity contribution is 0.433. The Hall–Kier alpha value is -0.860. The zero-order valence-corrected chi connectivity index (χ0v) is 11.0. The molecule has 0 saturated carbocycles. The number of nitrogens with one attached hydrogen (secondary N) is 2. The topological polar surface area (TPSA) is 24.1 Å². The molecule has 2 nitrogen and oxygen atoms in total. The standard InChI is InChI=1S/C15H24N2/c1-3-12(2)10-16-11-15-14-7-5-4-6-13(14)8-9-17-15/h4-7,12,15-17H,3,8-11H2,1-2H3. The molecule has 2 heteroatoms. The molecule has 0 radical (unpaired) electrons. The molecule has 2 N–H and O–H groups in total. The summed E-state index contributed by atoms with van der Waals surface area (Å²) in [5.74, 6) is 0.772. The molecule has 0 fully saturated rings. The van der Waals surface area contributed by atoms with Gasteiger partial charge in [-0.1, -0.05) is 44.5 Å². The molecule has 0 bridgehead atoms. The SMILES string of the molecule is CCC(C)CNCC1NCCc2ccccc21. The Balaban J connectivity index is 1.90. The van der Waals surface area contributed by atoms with Crippen LogP contribution in [0.1, 0.15) is 37.4 Å². The van der Waals surface area contributed by atoms with Crippen LogP contribution in [0, 0.1) is 5.92 Å². The van der Waals surface area contributed by atoms with E-state index < -0.39 is 0 Å². The Morgan fingerprint density at radius 3 is 3.06 bits per heavy atom. The Morgan fingerprint density at radius 1 is 1.41 bits per heavy atom. The molecule has 1 aromatic rings. The first-order valence-electron chi connectivity index (χ1n) is 6.83. The van der Waals surface area contributed by atoms with E-state index in [4.69, 9.17) is 0 Å². The summed E-state index contributed by atoms with van der Waals surface area (Å²) in [6, 6.07) is 9.31. The third-order valence-electron chi connectivity index (χ3n) is 3.75. The third kappa shape index (κ3) is 3.30. The van der Waals surface area contributed by atoms with Gasteiger partial charge < -0.3 is 10.6 Å². The van der Waals surface area contributed by atoms with E-state index in [1.165, 1.54) is 17.5 Å². The van der Waals surface area contributed by atoms with Crippen LogP contribution in [0.4, 0.5) is 0 Å². The summed E-state index contributed by atoms with van der Waals surface area (Å²) < 4.78 is 0. The van der Waals surface area contributed by atoms with Gasteiger partial charge in [-0.2, -0.15) is 0 Å². The van der Waals surface area contributed by atoms with Crippen molar-refractivity contribution >= 4 is 0 Å². The molecule has 0 saturated heterocycles. The maximum absolute atomic E-state index is 3.60. The van der Waals surface area contributed by atoms with Gasteiger partial charge in [-0.05, 0) is 36.6 Å². The summed E-state index contributed by atoms with van der Waals surface area (Å²) in [5.41, 5.74) is 3.00. The first kappa shape index (κ1) is 12.6. The molecule has 2 unspecified atom stereocenters. The fourth-order valence-electron chi connectivity index (χ4n) is 2.39. The number of hydrogen-bond donors (Lipinski definition) is 2. The Morgan fingerprint density at radius 2 is 2.24 bits per heavy atom. The van der Waals surface area contributed by atoms with Gasteiger partial charge in [0, 0.05) is 12.6 Å². The molecule has 0 spiro atoms. The zero-order valence-electron chi connectivity index (χ0n) is 11.0. The summed E-state index contributed by atoms with van der Waals surface area (Å²) in [5, 5.41) is 7.19. The molecule has 94 valence electrons. The van der Waals surface area contributed by atoms with Crippen molar-refractivity contribution < 1.29 is 0 Å². The van der Waals surface area contributed by atoms with Gasteiger partial charge in [-0.3, -0.25) is 0 Å². The predicted octanol–water partition coefficient (Wildman–Crippen LogP) is 2.51. The van der Waals surface area contributed by atoms with Gasteiger partial charge in [0.1, 0.15) is 0 Å². The largest absolute Gasteiger partial charge is 0.315 e. The molecule has 0 aliphatic carbocycles. The van der Waals surface area contributed by atoms with Crippen LogP contribution in [-0.4, -0.2) is 19.6 Å². The molecule has 17 heavy (non-hydrogen) atoms. The van der Waals surface area contributed by atoms with Crippen molar-refractivity contribution in [1.29, 1.82) is 0 Å². The highest BCUT2D eigenvalue weighted by molar-refractivity contribution is 5.32. The first-order valence-corrected chi connectivity index (χ1v) is 6.83. The minimum Gasteiger partial charge on any atom is -0.315 e. The highest BCUT2D eigenvalue weighted by atomic mass is 15.0. The average molecular weight is 232 g/mol. The van der Waals surface area contributed by atoms with E-state index in [1.807, 2.05) is 0 Å². The number of hydrogen-bond acceptors (Lipinski definition) is 2. The van der Waals surface area contributed by atoms with Crippen LogP contribution in [-0.2, 0) is 6.42 Å². The molecule has 1 heterocycles. The normalized spacial score (nSPS) is 20.9. The van der Waals surface area contributed by atoms with Crippen molar-refractivity contribution in [2.24, 2.45) is 5.92 Å². The minimum atomic E-state index is 0.490. The fourth-order valence-corrected chi connectivity index (χ4v) is 2.39. The van der Waals surface area contributed by atoms with E-state index in [0.29, 0.717) is 6.04 Å². The van der Waals surface area contributed by atoms with Crippen molar-refractivity contribution in [3.05, 3.63) is 35.4 Å². The Kier molecular flexibility index (Phi) is 4.57. The van der Waals surface area contributed by atoms with Crippen LogP contribution < -0.4 is 10.6 Å². The first-order chi connectivity index (χ1) is 8.31. The summed E-state index contributed by atoms with van der Waals surface area (Å²) in [4.78, 5) is 0. The lowest BCUT2D eigenvalue weighted by Crippen LogP contribution is -2.37. The molecular formula is C15H24N2. The maximum atomic E-state index is 3.60. The maximum Gasteiger partial charge on any atom is 0.0449 e.